The van der Waals surface area contributed by atoms with Crippen molar-refractivity contribution in [3.63, 3.8) is 0 Å². The van der Waals surface area contributed by atoms with Crippen LogP contribution in [0.25, 0.3) is 10.9 Å². The molecule has 39 heavy (non-hydrogen) atoms. The van der Waals surface area contributed by atoms with Crippen LogP contribution in [0.5, 0.6) is 17.2 Å². The van der Waals surface area contributed by atoms with Gasteiger partial charge in [-0.1, -0.05) is 18.2 Å². The van der Waals surface area contributed by atoms with Crippen molar-refractivity contribution < 1.29 is 22.6 Å². The predicted octanol–water partition coefficient (Wildman–Crippen LogP) is 5.04. The average Bonchev–Trinajstić information content (AvgIpc) is 3.29. The zero-order valence-electron chi connectivity index (χ0n) is 22.9. The lowest BCUT2D eigenvalue weighted by Gasteiger charge is -2.29. The van der Waals surface area contributed by atoms with Gasteiger partial charge in [0.15, 0.2) is 21.3 Å². The van der Waals surface area contributed by atoms with E-state index in [1.165, 1.54) is 11.1 Å². The van der Waals surface area contributed by atoms with Gasteiger partial charge in [0.1, 0.15) is 5.75 Å². The first-order chi connectivity index (χ1) is 18.9. The van der Waals surface area contributed by atoms with E-state index in [0.29, 0.717) is 23.7 Å². The van der Waals surface area contributed by atoms with Crippen molar-refractivity contribution in [3.8, 4) is 17.2 Å². The number of methoxy groups -OCH3 is 2. The van der Waals surface area contributed by atoms with Crippen molar-refractivity contribution in [1.29, 1.82) is 0 Å². The first kappa shape index (κ1) is 27.1. The van der Waals surface area contributed by atoms with Gasteiger partial charge in [-0.05, 0) is 78.4 Å². The summed E-state index contributed by atoms with van der Waals surface area (Å²) < 4.78 is 44.8. The molecule has 0 radical (unpaired) electrons. The smallest absolute Gasteiger partial charge is 0.178 e. The third kappa shape index (κ3) is 6.07. The van der Waals surface area contributed by atoms with E-state index >= 15 is 0 Å². The lowest BCUT2D eigenvalue weighted by Crippen LogP contribution is -2.32. The molecular formula is C31H36N2O5S. The van der Waals surface area contributed by atoms with Crippen molar-refractivity contribution in [2.75, 3.05) is 39.7 Å². The summed E-state index contributed by atoms with van der Waals surface area (Å²) in [7, 11) is 1.92. The summed E-state index contributed by atoms with van der Waals surface area (Å²) in [6.45, 7) is 3.37. The van der Waals surface area contributed by atoms with Gasteiger partial charge in [-0.2, -0.15) is 0 Å². The summed E-state index contributed by atoms with van der Waals surface area (Å²) in [5.41, 5.74) is 4.74. The van der Waals surface area contributed by atoms with Gasteiger partial charge in [0, 0.05) is 43.8 Å². The van der Waals surface area contributed by atoms with Crippen molar-refractivity contribution >= 4 is 20.7 Å². The minimum absolute atomic E-state index is 0.0683. The topological polar surface area (TPSA) is 70.0 Å². The molecule has 3 aromatic carbocycles. The molecule has 2 heterocycles. The SMILES string of the molecule is COc1cc2c(cc1OC)CN(CCCOc1ccc(S(=O)(=O)CCc3cn(C)c4ccccc34)cc1)CC2. The molecule has 7 nitrogen and oxygen atoms in total. The zero-order chi connectivity index (χ0) is 27.4. The maximum atomic E-state index is 13.0. The van der Waals surface area contributed by atoms with Crippen LogP contribution in [-0.2, 0) is 36.3 Å². The molecule has 0 aliphatic carbocycles. The molecule has 4 aromatic rings. The minimum atomic E-state index is -3.40. The van der Waals surface area contributed by atoms with E-state index < -0.39 is 9.84 Å². The highest BCUT2D eigenvalue weighted by Gasteiger charge is 2.20. The normalized spacial score (nSPS) is 13.8. The maximum Gasteiger partial charge on any atom is 0.178 e. The molecule has 0 amide bonds. The molecule has 0 fully saturated rings. The summed E-state index contributed by atoms with van der Waals surface area (Å²) in [5.74, 6) is 2.30. The largest absolute Gasteiger partial charge is 0.494 e. The van der Waals surface area contributed by atoms with E-state index in [2.05, 4.69) is 17.0 Å². The Morgan fingerprint density at radius 2 is 1.64 bits per heavy atom. The highest BCUT2D eigenvalue weighted by Crippen LogP contribution is 2.33. The van der Waals surface area contributed by atoms with E-state index in [0.717, 1.165) is 60.4 Å². The standard InChI is InChI=1S/C31H36N2O5S/c1-32-21-24(28-7-4-5-8-29(28)32)14-18-39(34,35)27-11-9-26(10-12-27)38-17-6-15-33-16-13-23-19-30(36-2)31(37-3)20-25(23)22-33/h4-5,7-12,19-21H,6,13-18,22H2,1-3H3. The Bertz CT molecular complexity index is 1540. The van der Waals surface area contributed by atoms with Gasteiger partial charge in [0.05, 0.1) is 31.5 Å². The molecule has 1 aromatic heterocycles. The molecule has 0 N–H and O–H groups in total. The van der Waals surface area contributed by atoms with E-state index in [4.69, 9.17) is 14.2 Å². The Morgan fingerprint density at radius 1 is 0.923 bits per heavy atom. The second-order valence-corrected chi connectivity index (χ2v) is 12.1. The summed E-state index contributed by atoms with van der Waals surface area (Å²) >= 11 is 0. The fourth-order valence-electron chi connectivity index (χ4n) is 5.34. The van der Waals surface area contributed by atoms with E-state index in [9.17, 15) is 8.42 Å². The summed E-state index contributed by atoms with van der Waals surface area (Å²) in [6.07, 6.45) is 4.36. The van der Waals surface area contributed by atoms with Crippen LogP contribution in [0.2, 0.25) is 0 Å². The first-order valence-electron chi connectivity index (χ1n) is 13.3. The predicted molar refractivity (Wildman–Crippen MR) is 154 cm³/mol. The molecular weight excluding hydrogens is 512 g/mol. The number of aromatic nitrogens is 1. The van der Waals surface area contributed by atoms with E-state index in [1.807, 2.05) is 42.1 Å². The molecule has 8 heteroatoms. The van der Waals surface area contributed by atoms with Crippen LogP contribution in [0.1, 0.15) is 23.1 Å². The Balaban J connectivity index is 1.10. The van der Waals surface area contributed by atoms with E-state index in [1.54, 1.807) is 38.5 Å². The van der Waals surface area contributed by atoms with Crippen molar-refractivity contribution in [1.82, 2.24) is 9.47 Å². The van der Waals surface area contributed by atoms with Crippen LogP contribution < -0.4 is 14.2 Å². The lowest BCUT2D eigenvalue weighted by atomic mass is 9.98. The first-order valence-corrected chi connectivity index (χ1v) is 15.0. The van der Waals surface area contributed by atoms with Crippen molar-refractivity contribution in [3.05, 3.63) is 83.6 Å². The van der Waals surface area contributed by atoms with Gasteiger partial charge < -0.3 is 18.8 Å². The minimum Gasteiger partial charge on any atom is -0.494 e. The zero-order valence-corrected chi connectivity index (χ0v) is 23.7. The van der Waals surface area contributed by atoms with Gasteiger partial charge >= 0.3 is 0 Å². The van der Waals surface area contributed by atoms with Gasteiger partial charge in [0.25, 0.3) is 0 Å². The van der Waals surface area contributed by atoms with Gasteiger partial charge in [-0.15, -0.1) is 0 Å². The number of rotatable bonds is 11. The van der Waals surface area contributed by atoms with Crippen LogP contribution >= 0.6 is 0 Å². The number of benzene rings is 3. The maximum absolute atomic E-state index is 13.0. The second-order valence-electron chi connectivity index (χ2n) is 10.0. The number of nitrogens with zero attached hydrogens (tertiary/aromatic N) is 2. The number of hydrogen-bond donors (Lipinski definition) is 0. The number of hydrogen-bond acceptors (Lipinski definition) is 6. The van der Waals surface area contributed by atoms with Crippen LogP contribution in [-0.4, -0.2) is 57.6 Å². The quantitative estimate of drug-likeness (QED) is 0.245. The summed E-state index contributed by atoms with van der Waals surface area (Å²) in [4.78, 5) is 2.75. The molecule has 0 unspecified atom stereocenters. The van der Waals surface area contributed by atoms with E-state index in [-0.39, 0.29) is 5.75 Å². The summed E-state index contributed by atoms with van der Waals surface area (Å²) in [5, 5.41) is 1.10. The number of ether oxygens (including phenoxy) is 3. The molecule has 0 spiro atoms. The number of sulfone groups is 1. The lowest BCUT2D eigenvalue weighted by molar-refractivity contribution is 0.220. The van der Waals surface area contributed by atoms with Crippen LogP contribution in [0.3, 0.4) is 0 Å². The van der Waals surface area contributed by atoms with Crippen LogP contribution in [0.4, 0.5) is 0 Å². The number of para-hydroxylation sites is 1. The number of aryl methyl sites for hydroxylation is 2. The molecule has 0 bridgehead atoms. The Kier molecular flexibility index (Phi) is 8.14. The monoisotopic (exact) mass is 548 g/mol. The molecule has 0 atom stereocenters. The van der Waals surface area contributed by atoms with Crippen LogP contribution in [0, 0.1) is 0 Å². The fraction of sp³-hybridized carbons (Fsp3) is 0.355. The van der Waals surface area contributed by atoms with Gasteiger partial charge in [-0.3, -0.25) is 4.90 Å². The molecule has 1 aliphatic rings. The number of fused-ring (bicyclic) bond motifs is 2. The third-order valence-corrected chi connectivity index (χ3v) is 9.22. The Morgan fingerprint density at radius 3 is 2.38 bits per heavy atom. The molecule has 0 saturated carbocycles. The molecule has 206 valence electrons. The highest BCUT2D eigenvalue weighted by molar-refractivity contribution is 7.91. The van der Waals surface area contributed by atoms with Crippen molar-refractivity contribution in [2.24, 2.45) is 7.05 Å². The third-order valence-electron chi connectivity index (χ3n) is 7.49. The second kappa shape index (κ2) is 11.7. The average molecular weight is 549 g/mol. The molecule has 0 saturated heterocycles. The molecule has 1 aliphatic heterocycles. The van der Waals surface area contributed by atoms with Gasteiger partial charge in [-0.25, -0.2) is 8.42 Å². The Hall–Kier alpha value is -3.49. The fourth-order valence-corrected chi connectivity index (χ4v) is 6.62. The molecule has 5 rings (SSSR count). The summed E-state index contributed by atoms with van der Waals surface area (Å²) in [6, 6.07) is 19.0. The Labute approximate surface area is 230 Å². The van der Waals surface area contributed by atoms with Crippen molar-refractivity contribution in [2.45, 2.75) is 30.7 Å². The highest BCUT2D eigenvalue weighted by atomic mass is 32.2. The van der Waals surface area contributed by atoms with Gasteiger partial charge in [0.2, 0.25) is 0 Å². The van der Waals surface area contributed by atoms with Crippen LogP contribution in [0.15, 0.2) is 71.8 Å².